The second-order valence-electron chi connectivity index (χ2n) is 7.28. The molecule has 0 atom stereocenters. The Hall–Kier alpha value is -2.75. The zero-order valence-corrected chi connectivity index (χ0v) is 22.0. The van der Waals surface area contributed by atoms with E-state index >= 15 is 0 Å². The molecule has 3 rings (SSSR count). The molecule has 0 aliphatic heterocycles. The summed E-state index contributed by atoms with van der Waals surface area (Å²) >= 11 is 0. The van der Waals surface area contributed by atoms with E-state index in [0.29, 0.717) is 37.2 Å². The standard InChI is InChI=1S/C25H32N4O3.HI/c1-5-21-20(22(6-2)32-29-21)16-28-25(26-3)27-15-19-12-13-23(24(14-19)30-4)31-17-18-10-8-7-9-11-18;/h7-14H,5-6,15-17H2,1-4H3,(H2,26,27,28);1H. The molecule has 2 aromatic carbocycles. The number of methoxy groups -OCH3 is 1. The molecule has 1 heterocycles. The maximum absolute atomic E-state index is 5.94. The number of guanidine groups is 1. The molecule has 0 bridgehead atoms. The van der Waals surface area contributed by atoms with E-state index in [1.54, 1.807) is 14.2 Å². The van der Waals surface area contributed by atoms with Crippen molar-refractivity contribution in [3.05, 3.63) is 76.7 Å². The number of ether oxygens (including phenoxy) is 2. The lowest BCUT2D eigenvalue weighted by Gasteiger charge is -2.15. The van der Waals surface area contributed by atoms with Crippen molar-refractivity contribution in [1.82, 2.24) is 15.8 Å². The van der Waals surface area contributed by atoms with Crippen LogP contribution in [0.3, 0.4) is 0 Å². The minimum atomic E-state index is 0. The summed E-state index contributed by atoms with van der Waals surface area (Å²) in [5, 5.41) is 10.9. The maximum Gasteiger partial charge on any atom is 0.191 e. The van der Waals surface area contributed by atoms with Crippen molar-refractivity contribution in [2.24, 2.45) is 4.99 Å². The summed E-state index contributed by atoms with van der Waals surface area (Å²) in [7, 11) is 3.41. The normalized spacial score (nSPS) is 11.0. The molecule has 3 aromatic rings. The number of aliphatic imine (C=N–C) groups is 1. The third kappa shape index (κ3) is 7.38. The lowest BCUT2D eigenvalue weighted by molar-refractivity contribution is 0.284. The number of rotatable bonds is 10. The summed E-state index contributed by atoms with van der Waals surface area (Å²) in [5.41, 5.74) is 4.27. The van der Waals surface area contributed by atoms with E-state index in [4.69, 9.17) is 14.0 Å². The topological polar surface area (TPSA) is 80.9 Å². The fraction of sp³-hybridized carbons (Fsp3) is 0.360. The van der Waals surface area contributed by atoms with Crippen molar-refractivity contribution in [3.63, 3.8) is 0 Å². The summed E-state index contributed by atoms with van der Waals surface area (Å²) in [6, 6.07) is 16.0. The number of hydrogen-bond donors (Lipinski definition) is 2. The Balaban J connectivity index is 0.00000385. The van der Waals surface area contributed by atoms with Gasteiger partial charge in [0.2, 0.25) is 0 Å². The van der Waals surface area contributed by atoms with Crippen LogP contribution in [0.4, 0.5) is 0 Å². The van der Waals surface area contributed by atoms with Crippen LogP contribution in [0.2, 0.25) is 0 Å². The maximum atomic E-state index is 5.94. The Morgan fingerprint density at radius 1 is 0.970 bits per heavy atom. The highest BCUT2D eigenvalue weighted by Crippen LogP contribution is 2.28. The highest BCUT2D eigenvalue weighted by molar-refractivity contribution is 14.0. The van der Waals surface area contributed by atoms with Crippen LogP contribution in [-0.4, -0.2) is 25.3 Å². The van der Waals surface area contributed by atoms with Crippen LogP contribution in [0.1, 0.15) is 42.0 Å². The van der Waals surface area contributed by atoms with Crippen LogP contribution >= 0.6 is 24.0 Å². The molecule has 0 radical (unpaired) electrons. The molecule has 7 nitrogen and oxygen atoms in total. The molecule has 0 unspecified atom stereocenters. The van der Waals surface area contributed by atoms with E-state index in [1.165, 1.54) is 0 Å². The predicted octanol–water partition coefficient (Wildman–Crippen LogP) is 4.87. The average Bonchev–Trinajstić information content (AvgIpc) is 3.25. The van der Waals surface area contributed by atoms with E-state index in [9.17, 15) is 0 Å². The first-order valence-electron chi connectivity index (χ1n) is 10.9. The number of hydrogen-bond acceptors (Lipinski definition) is 5. The average molecular weight is 564 g/mol. The minimum absolute atomic E-state index is 0. The Morgan fingerprint density at radius 3 is 2.39 bits per heavy atom. The van der Waals surface area contributed by atoms with Gasteiger partial charge in [0.25, 0.3) is 0 Å². The third-order valence-corrected chi connectivity index (χ3v) is 5.19. The number of nitrogens with zero attached hydrogens (tertiary/aromatic N) is 2. The zero-order chi connectivity index (χ0) is 22.8. The molecule has 0 saturated heterocycles. The van der Waals surface area contributed by atoms with Gasteiger partial charge in [0, 0.05) is 32.1 Å². The first-order valence-corrected chi connectivity index (χ1v) is 10.9. The molecule has 0 fully saturated rings. The molecule has 8 heteroatoms. The van der Waals surface area contributed by atoms with Crippen LogP contribution in [0, 0.1) is 0 Å². The van der Waals surface area contributed by atoms with E-state index in [-0.39, 0.29) is 24.0 Å². The van der Waals surface area contributed by atoms with Crippen molar-refractivity contribution >= 4 is 29.9 Å². The lowest BCUT2D eigenvalue weighted by atomic mass is 10.1. The molecule has 178 valence electrons. The van der Waals surface area contributed by atoms with Gasteiger partial charge in [-0.25, -0.2) is 0 Å². The van der Waals surface area contributed by atoms with Gasteiger partial charge in [0.1, 0.15) is 12.4 Å². The van der Waals surface area contributed by atoms with Gasteiger partial charge >= 0.3 is 0 Å². The fourth-order valence-electron chi connectivity index (χ4n) is 3.39. The largest absolute Gasteiger partial charge is 0.493 e. The summed E-state index contributed by atoms with van der Waals surface area (Å²) in [4.78, 5) is 4.32. The summed E-state index contributed by atoms with van der Waals surface area (Å²) in [6.07, 6.45) is 1.65. The number of halogens is 1. The van der Waals surface area contributed by atoms with Crippen molar-refractivity contribution in [2.45, 2.75) is 46.4 Å². The van der Waals surface area contributed by atoms with Crippen molar-refractivity contribution in [3.8, 4) is 11.5 Å². The molecule has 0 spiro atoms. The quantitative estimate of drug-likeness (QED) is 0.208. The predicted molar refractivity (Wildman–Crippen MR) is 141 cm³/mol. The number of aryl methyl sites for hydroxylation is 2. The third-order valence-electron chi connectivity index (χ3n) is 5.19. The SMILES string of the molecule is CCc1noc(CC)c1CNC(=NC)NCc1ccc(OCc2ccccc2)c(OC)c1.I. The first kappa shape index (κ1) is 26.5. The van der Waals surface area contributed by atoms with Gasteiger partial charge in [0.15, 0.2) is 17.5 Å². The molecule has 0 saturated carbocycles. The number of nitrogens with one attached hydrogen (secondary N) is 2. The molecule has 0 amide bonds. The molecule has 2 N–H and O–H groups in total. The van der Waals surface area contributed by atoms with Gasteiger partial charge in [-0.15, -0.1) is 24.0 Å². The van der Waals surface area contributed by atoms with Gasteiger partial charge < -0.3 is 24.6 Å². The smallest absolute Gasteiger partial charge is 0.191 e. The van der Waals surface area contributed by atoms with Crippen LogP contribution in [0.15, 0.2) is 58.0 Å². The highest BCUT2D eigenvalue weighted by atomic mass is 127. The van der Waals surface area contributed by atoms with Crippen molar-refractivity contribution in [1.29, 1.82) is 0 Å². The van der Waals surface area contributed by atoms with Gasteiger partial charge in [-0.2, -0.15) is 0 Å². The van der Waals surface area contributed by atoms with Gasteiger partial charge in [-0.3, -0.25) is 4.99 Å². The first-order chi connectivity index (χ1) is 15.7. The fourth-order valence-corrected chi connectivity index (χ4v) is 3.39. The summed E-state index contributed by atoms with van der Waals surface area (Å²) in [6.45, 7) is 5.85. The molecular formula is C25H33IN4O3. The lowest BCUT2D eigenvalue weighted by Crippen LogP contribution is -2.36. The van der Waals surface area contributed by atoms with Crippen LogP contribution in [-0.2, 0) is 32.5 Å². The highest BCUT2D eigenvalue weighted by Gasteiger charge is 2.14. The van der Waals surface area contributed by atoms with E-state index in [2.05, 4.69) is 34.6 Å². The van der Waals surface area contributed by atoms with Gasteiger partial charge in [-0.1, -0.05) is 55.4 Å². The van der Waals surface area contributed by atoms with Crippen molar-refractivity contribution in [2.75, 3.05) is 14.2 Å². The van der Waals surface area contributed by atoms with Crippen LogP contribution < -0.4 is 20.1 Å². The molecule has 0 aliphatic carbocycles. The second kappa shape index (κ2) is 13.7. The Bertz CT molecular complexity index is 1000. The Kier molecular flexibility index (Phi) is 11.0. The van der Waals surface area contributed by atoms with Crippen LogP contribution in [0.25, 0.3) is 0 Å². The van der Waals surface area contributed by atoms with E-state index in [1.807, 2.05) is 48.5 Å². The molecule has 0 aliphatic rings. The summed E-state index contributed by atoms with van der Waals surface area (Å²) in [5.74, 6) is 3.04. The van der Waals surface area contributed by atoms with Gasteiger partial charge in [-0.05, 0) is 29.7 Å². The Morgan fingerprint density at radius 2 is 1.73 bits per heavy atom. The molecule has 33 heavy (non-hydrogen) atoms. The molecule has 1 aromatic heterocycles. The van der Waals surface area contributed by atoms with Crippen LogP contribution in [0.5, 0.6) is 11.5 Å². The van der Waals surface area contributed by atoms with E-state index < -0.39 is 0 Å². The number of benzene rings is 2. The zero-order valence-electron chi connectivity index (χ0n) is 19.7. The monoisotopic (exact) mass is 564 g/mol. The molecular weight excluding hydrogens is 531 g/mol. The van der Waals surface area contributed by atoms with Crippen molar-refractivity contribution < 1.29 is 14.0 Å². The second-order valence-corrected chi connectivity index (χ2v) is 7.28. The number of aromatic nitrogens is 1. The van der Waals surface area contributed by atoms with Gasteiger partial charge in [0.05, 0.1) is 12.8 Å². The summed E-state index contributed by atoms with van der Waals surface area (Å²) < 4.78 is 16.9. The minimum Gasteiger partial charge on any atom is -0.493 e. The Labute approximate surface area is 213 Å². The van der Waals surface area contributed by atoms with E-state index in [0.717, 1.165) is 41.0 Å².